The van der Waals surface area contributed by atoms with Crippen LogP contribution in [0.5, 0.6) is 5.75 Å². The maximum absolute atomic E-state index is 11.8. The average molecular weight is 339 g/mol. The highest BCUT2D eigenvalue weighted by Crippen LogP contribution is 2.29. The number of rotatable bonds is 8. The van der Waals surface area contributed by atoms with Crippen LogP contribution in [0.4, 0.5) is 0 Å². The average Bonchev–Trinajstić information content (AvgIpc) is 3.46. The molecular weight excluding hydrogens is 318 g/mol. The van der Waals surface area contributed by atoms with Crippen molar-refractivity contribution in [2.24, 2.45) is 5.92 Å². The van der Waals surface area contributed by atoms with E-state index in [1.165, 1.54) is 0 Å². The van der Waals surface area contributed by atoms with E-state index in [1.54, 1.807) is 0 Å². The van der Waals surface area contributed by atoms with Gasteiger partial charge in [0.15, 0.2) is 0 Å². The predicted octanol–water partition coefficient (Wildman–Crippen LogP) is 2.79. The van der Waals surface area contributed by atoms with Crippen LogP contribution in [0.3, 0.4) is 0 Å². The summed E-state index contributed by atoms with van der Waals surface area (Å²) in [6, 6.07) is 16.2. The molecular formula is C20H21NO4. The Morgan fingerprint density at radius 3 is 2.48 bits per heavy atom. The number of benzene rings is 2. The van der Waals surface area contributed by atoms with Gasteiger partial charge >= 0.3 is 5.97 Å². The molecule has 2 aromatic rings. The van der Waals surface area contributed by atoms with Gasteiger partial charge in [0, 0.05) is 12.3 Å². The van der Waals surface area contributed by atoms with E-state index in [4.69, 9.17) is 4.74 Å². The number of carbonyl (C=O) groups is 2. The molecule has 2 aromatic carbocycles. The lowest BCUT2D eigenvalue weighted by Gasteiger charge is -2.15. The Morgan fingerprint density at radius 2 is 1.80 bits per heavy atom. The van der Waals surface area contributed by atoms with Crippen LogP contribution in [0.15, 0.2) is 54.6 Å². The predicted molar refractivity (Wildman–Crippen MR) is 93.2 cm³/mol. The summed E-state index contributed by atoms with van der Waals surface area (Å²) in [7, 11) is 0. The number of carboxylic acids is 1. The number of hydrogen-bond donors (Lipinski definition) is 2. The van der Waals surface area contributed by atoms with Crippen LogP contribution in [0.25, 0.3) is 0 Å². The number of ether oxygens (including phenoxy) is 1. The van der Waals surface area contributed by atoms with E-state index >= 15 is 0 Å². The van der Waals surface area contributed by atoms with Gasteiger partial charge in [-0.25, -0.2) is 4.79 Å². The fourth-order valence-corrected chi connectivity index (χ4v) is 2.57. The number of carboxylic acid groups (broad SMARTS) is 1. The summed E-state index contributed by atoms with van der Waals surface area (Å²) in [5.41, 5.74) is 1.88. The molecule has 1 fully saturated rings. The smallest absolute Gasteiger partial charge is 0.326 e. The van der Waals surface area contributed by atoms with Gasteiger partial charge in [0.25, 0.3) is 0 Å². The first-order chi connectivity index (χ1) is 12.1. The summed E-state index contributed by atoms with van der Waals surface area (Å²) in [5.74, 6) is -0.519. The number of hydrogen-bond acceptors (Lipinski definition) is 3. The van der Waals surface area contributed by atoms with Crippen LogP contribution in [0.2, 0.25) is 0 Å². The van der Waals surface area contributed by atoms with E-state index in [9.17, 15) is 14.7 Å². The fourth-order valence-electron chi connectivity index (χ4n) is 2.57. The van der Waals surface area contributed by atoms with E-state index in [0.29, 0.717) is 12.4 Å². The molecule has 130 valence electrons. The van der Waals surface area contributed by atoms with Crippen molar-refractivity contribution in [3.8, 4) is 5.75 Å². The third kappa shape index (κ3) is 5.08. The highest BCUT2D eigenvalue weighted by atomic mass is 16.5. The molecule has 3 rings (SSSR count). The molecule has 0 unspecified atom stereocenters. The molecule has 1 saturated carbocycles. The first-order valence-corrected chi connectivity index (χ1v) is 8.40. The van der Waals surface area contributed by atoms with Crippen molar-refractivity contribution in [1.82, 2.24) is 5.32 Å². The van der Waals surface area contributed by atoms with Crippen molar-refractivity contribution < 1.29 is 19.4 Å². The molecule has 0 aromatic heterocycles. The van der Waals surface area contributed by atoms with E-state index in [-0.39, 0.29) is 18.2 Å². The number of aliphatic carboxylic acids is 1. The quantitative estimate of drug-likeness (QED) is 0.775. The molecule has 2 N–H and O–H groups in total. The van der Waals surface area contributed by atoms with Gasteiger partial charge in [-0.3, -0.25) is 4.79 Å². The molecule has 5 nitrogen and oxygen atoms in total. The molecule has 0 saturated heterocycles. The molecule has 0 aliphatic heterocycles. The Morgan fingerprint density at radius 1 is 1.08 bits per heavy atom. The second-order valence-electron chi connectivity index (χ2n) is 6.30. The van der Waals surface area contributed by atoms with Crippen molar-refractivity contribution in [1.29, 1.82) is 0 Å². The van der Waals surface area contributed by atoms with Gasteiger partial charge in [0.05, 0.1) is 0 Å². The van der Waals surface area contributed by atoms with Crippen molar-refractivity contribution in [3.05, 3.63) is 65.7 Å². The molecule has 1 aliphatic carbocycles. The Hall–Kier alpha value is -2.82. The molecule has 1 amide bonds. The second-order valence-corrected chi connectivity index (χ2v) is 6.30. The van der Waals surface area contributed by atoms with Gasteiger partial charge in [0.1, 0.15) is 18.4 Å². The summed E-state index contributed by atoms with van der Waals surface area (Å²) in [5, 5.41) is 12.0. The summed E-state index contributed by atoms with van der Waals surface area (Å²) in [4.78, 5) is 23.3. The van der Waals surface area contributed by atoms with Crippen LogP contribution in [0.1, 0.15) is 24.0 Å². The molecule has 0 radical (unpaired) electrons. The summed E-state index contributed by atoms with van der Waals surface area (Å²) < 4.78 is 5.77. The van der Waals surface area contributed by atoms with Gasteiger partial charge in [-0.05, 0) is 36.1 Å². The number of amides is 1. The molecule has 25 heavy (non-hydrogen) atoms. The zero-order valence-electron chi connectivity index (χ0n) is 13.9. The molecule has 0 spiro atoms. The van der Waals surface area contributed by atoms with E-state index in [2.05, 4.69) is 5.32 Å². The minimum absolute atomic E-state index is 0.0117. The highest BCUT2D eigenvalue weighted by molar-refractivity contribution is 5.86. The molecule has 1 aliphatic rings. The molecule has 0 heterocycles. The van der Waals surface area contributed by atoms with Crippen LogP contribution >= 0.6 is 0 Å². The van der Waals surface area contributed by atoms with E-state index in [0.717, 1.165) is 24.0 Å². The van der Waals surface area contributed by atoms with Crippen LogP contribution in [0, 0.1) is 5.92 Å². The molecule has 5 heteroatoms. The normalized spacial score (nSPS) is 14.6. The topological polar surface area (TPSA) is 75.6 Å². The SMILES string of the molecule is O=C(N[C@@H](Cc1cccc(OCc2ccccc2)c1)C(=O)O)C1CC1. The number of nitrogens with one attached hydrogen (secondary N) is 1. The van der Waals surface area contributed by atoms with Gasteiger partial charge in [-0.15, -0.1) is 0 Å². The maximum Gasteiger partial charge on any atom is 0.326 e. The third-order valence-corrected chi connectivity index (χ3v) is 4.15. The highest BCUT2D eigenvalue weighted by Gasteiger charge is 2.32. The van der Waals surface area contributed by atoms with Gasteiger partial charge in [-0.2, -0.15) is 0 Å². The van der Waals surface area contributed by atoms with Crippen molar-refractivity contribution in [2.75, 3.05) is 0 Å². The summed E-state index contributed by atoms with van der Waals surface area (Å²) in [6.45, 7) is 0.449. The lowest BCUT2D eigenvalue weighted by atomic mass is 10.1. The zero-order valence-corrected chi connectivity index (χ0v) is 13.9. The zero-order chi connectivity index (χ0) is 17.6. The lowest BCUT2D eigenvalue weighted by molar-refractivity contribution is -0.142. The third-order valence-electron chi connectivity index (χ3n) is 4.15. The summed E-state index contributed by atoms with van der Waals surface area (Å²) >= 11 is 0. The van der Waals surface area contributed by atoms with Crippen molar-refractivity contribution >= 4 is 11.9 Å². The van der Waals surface area contributed by atoms with Crippen LogP contribution < -0.4 is 10.1 Å². The first kappa shape index (κ1) is 17.0. The first-order valence-electron chi connectivity index (χ1n) is 8.40. The van der Waals surface area contributed by atoms with Gasteiger partial charge in [0.2, 0.25) is 5.91 Å². The lowest BCUT2D eigenvalue weighted by Crippen LogP contribution is -2.43. The van der Waals surface area contributed by atoms with Gasteiger partial charge < -0.3 is 15.2 Å². The van der Waals surface area contributed by atoms with Gasteiger partial charge in [-0.1, -0.05) is 42.5 Å². The van der Waals surface area contributed by atoms with Crippen LogP contribution in [-0.4, -0.2) is 23.0 Å². The Kier molecular flexibility index (Phi) is 5.33. The molecule has 1 atom stereocenters. The minimum Gasteiger partial charge on any atom is -0.489 e. The monoisotopic (exact) mass is 339 g/mol. The largest absolute Gasteiger partial charge is 0.489 e. The second kappa shape index (κ2) is 7.83. The Balaban J connectivity index is 1.61. The number of carbonyl (C=O) groups excluding carboxylic acids is 1. The summed E-state index contributed by atoms with van der Waals surface area (Å²) in [6.07, 6.45) is 1.93. The van der Waals surface area contributed by atoms with E-state index in [1.807, 2.05) is 54.6 Å². The Labute approximate surface area is 146 Å². The Bertz CT molecular complexity index is 740. The van der Waals surface area contributed by atoms with E-state index < -0.39 is 12.0 Å². The minimum atomic E-state index is -1.02. The maximum atomic E-state index is 11.8. The van der Waals surface area contributed by atoms with Crippen molar-refractivity contribution in [2.45, 2.75) is 31.9 Å². The molecule has 0 bridgehead atoms. The van der Waals surface area contributed by atoms with Crippen molar-refractivity contribution in [3.63, 3.8) is 0 Å². The standard InChI is InChI=1S/C20H21NO4/c22-19(16-9-10-16)21-18(20(23)24)12-15-7-4-8-17(11-15)25-13-14-5-2-1-3-6-14/h1-8,11,16,18H,9-10,12-13H2,(H,21,22)(H,23,24)/t18-/m0/s1. The van der Waals surface area contributed by atoms with Crippen LogP contribution in [-0.2, 0) is 22.6 Å². The fraction of sp³-hybridized carbons (Fsp3) is 0.300.